The van der Waals surface area contributed by atoms with Crippen LogP contribution in [0.2, 0.25) is 0 Å². The van der Waals surface area contributed by atoms with Gasteiger partial charge in [0.15, 0.2) is 0 Å². The normalized spacial score (nSPS) is 19.3. The minimum Gasteiger partial charge on any atom is -1.00 e. The van der Waals surface area contributed by atoms with Crippen molar-refractivity contribution in [1.29, 1.82) is 0 Å². The van der Waals surface area contributed by atoms with Crippen LogP contribution < -0.4 is 0 Å². The second kappa shape index (κ2) is 5.16. The number of hydrogen-bond acceptors (Lipinski definition) is 0. The molecular formula is C12H16ClTi-. The molecule has 0 atom stereocenters. The smallest absolute Gasteiger partial charge is 0.147 e. The molecule has 0 fully saturated rings. The van der Waals surface area contributed by atoms with E-state index in [0.29, 0.717) is 0 Å². The Kier molecular flexibility index (Phi) is 4.44. The molecule has 2 aliphatic carbocycles. The molecule has 2 heteroatoms. The maximum atomic E-state index is 2.30. The van der Waals surface area contributed by atoms with E-state index >= 15 is 0 Å². The van der Waals surface area contributed by atoms with E-state index in [0.717, 1.165) is 0 Å². The Morgan fingerprint density at radius 2 is 1.43 bits per heavy atom. The summed E-state index contributed by atoms with van der Waals surface area (Å²) in [6.07, 6.45) is 11.6. The van der Waals surface area contributed by atoms with Gasteiger partial charge in [-0.15, -0.1) is 12.4 Å². The van der Waals surface area contributed by atoms with Crippen LogP contribution in [-0.4, -0.2) is 0 Å². The first-order valence-electron chi connectivity index (χ1n) is 4.77. The van der Waals surface area contributed by atoms with Gasteiger partial charge >= 0.3 is 89.0 Å². The fourth-order valence-electron chi connectivity index (χ4n) is 1.71. The Labute approximate surface area is 103 Å². The average Bonchev–Trinajstić information content (AvgIpc) is 2.65. The molecule has 0 saturated carbocycles. The van der Waals surface area contributed by atoms with Gasteiger partial charge in [0, 0.05) is 0 Å². The van der Waals surface area contributed by atoms with Gasteiger partial charge in [-0.2, -0.15) is 0 Å². The number of hydrogen-bond donors (Lipinski definition) is 0. The van der Waals surface area contributed by atoms with Crippen LogP contribution in [0.3, 0.4) is 0 Å². The SMILES string of the molecule is CC1=[C]([Ti][C]2=C(C)C=CC2)CC=C1.Cl.[H-]. The van der Waals surface area contributed by atoms with E-state index in [9.17, 15) is 0 Å². The summed E-state index contributed by atoms with van der Waals surface area (Å²) < 4.78 is 3.47. The summed E-state index contributed by atoms with van der Waals surface area (Å²) in [5.74, 6) is 0. The molecule has 0 radical (unpaired) electrons. The van der Waals surface area contributed by atoms with Gasteiger partial charge in [0.05, 0.1) is 0 Å². The fourth-order valence-corrected chi connectivity index (χ4v) is 3.84. The molecule has 76 valence electrons. The molecule has 2 rings (SSSR count). The quantitative estimate of drug-likeness (QED) is 0.641. The van der Waals surface area contributed by atoms with E-state index in [1.54, 1.807) is 7.76 Å². The van der Waals surface area contributed by atoms with Crippen molar-refractivity contribution in [3.63, 3.8) is 0 Å². The Morgan fingerprint density at radius 1 is 1.00 bits per heavy atom. The van der Waals surface area contributed by atoms with Crippen LogP contribution in [-0.2, 0) is 19.2 Å². The average molecular weight is 244 g/mol. The van der Waals surface area contributed by atoms with E-state index in [-0.39, 0.29) is 33.0 Å². The molecule has 2 aliphatic rings. The van der Waals surface area contributed by atoms with Gasteiger partial charge in [0.2, 0.25) is 0 Å². The molecule has 0 N–H and O–H groups in total. The van der Waals surface area contributed by atoms with E-state index in [2.05, 4.69) is 38.2 Å². The molecular weight excluding hydrogens is 227 g/mol. The first-order chi connectivity index (χ1) is 6.27. The van der Waals surface area contributed by atoms with E-state index in [1.807, 2.05) is 0 Å². The molecule has 0 saturated heterocycles. The number of allylic oxidation sites excluding steroid dienone is 8. The Morgan fingerprint density at radius 3 is 1.71 bits per heavy atom. The zero-order valence-corrected chi connectivity index (χ0v) is 11.0. The second-order valence-corrected chi connectivity index (χ2v) is 5.94. The molecule has 0 bridgehead atoms. The maximum absolute atomic E-state index is 2.30. The molecule has 0 spiro atoms. The zero-order valence-electron chi connectivity index (χ0n) is 9.63. The first kappa shape index (κ1) is 12.0. The van der Waals surface area contributed by atoms with Crippen LogP contribution in [0.5, 0.6) is 0 Å². The molecule has 0 heterocycles. The monoisotopic (exact) mass is 243 g/mol. The summed E-state index contributed by atoms with van der Waals surface area (Å²) in [7, 11) is 0. The van der Waals surface area contributed by atoms with E-state index < -0.39 is 0 Å². The van der Waals surface area contributed by atoms with Crippen molar-refractivity contribution in [2.24, 2.45) is 0 Å². The van der Waals surface area contributed by atoms with Crippen LogP contribution in [0.1, 0.15) is 28.1 Å². The summed E-state index contributed by atoms with van der Waals surface area (Å²) in [6.45, 7) is 4.50. The predicted molar refractivity (Wildman–Crippen MR) is 61.3 cm³/mol. The van der Waals surface area contributed by atoms with Gasteiger partial charge in [0.1, 0.15) is 0 Å². The van der Waals surface area contributed by atoms with Gasteiger partial charge in [-0.3, -0.25) is 0 Å². The van der Waals surface area contributed by atoms with E-state index in [1.165, 1.54) is 24.0 Å². The van der Waals surface area contributed by atoms with Gasteiger partial charge in [0.25, 0.3) is 0 Å². The van der Waals surface area contributed by atoms with Crippen LogP contribution in [0, 0.1) is 0 Å². The van der Waals surface area contributed by atoms with Crippen LogP contribution in [0.25, 0.3) is 0 Å². The van der Waals surface area contributed by atoms with Gasteiger partial charge in [-0.1, -0.05) is 0 Å². The summed E-state index contributed by atoms with van der Waals surface area (Å²) in [5.41, 5.74) is 3.07. The molecule has 0 aromatic carbocycles. The number of halogens is 1. The zero-order chi connectivity index (χ0) is 9.26. The standard InChI is InChI=1S/2C6H7.ClH.Ti.H/c2*1-6-4-2-3-5-6;;;/h2*2,4H,3H2,1H3;1H;;/q;;;;-1. The summed E-state index contributed by atoms with van der Waals surface area (Å²) in [5, 5.41) is 0. The molecule has 0 nitrogen and oxygen atoms in total. The predicted octanol–water partition coefficient (Wildman–Crippen LogP) is 4.07. The Hall–Kier alpha value is -0.0357. The van der Waals surface area contributed by atoms with Crippen LogP contribution in [0.4, 0.5) is 0 Å². The summed E-state index contributed by atoms with van der Waals surface area (Å²) in [4.78, 5) is 0. The fraction of sp³-hybridized carbons (Fsp3) is 0.333. The third-order valence-electron chi connectivity index (χ3n) is 2.63. The summed E-state index contributed by atoms with van der Waals surface area (Å²) in [6, 6.07) is 0. The minimum atomic E-state index is 0. The van der Waals surface area contributed by atoms with Crippen LogP contribution in [0.15, 0.2) is 43.2 Å². The van der Waals surface area contributed by atoms with Gasteiger partial charge in [-0.25, -0.2) is 0 Å². The Balaban J connectivity index is 0.000000980. The largest absolute Gasteiger partial charge is 1.00 e. The number of rotatable bonds is 2. The Bertz CT molecular complexity index is 317. The third-order valence-corrected chi connectivity index (χ3v) is 5.44. The van der Waals surface area contributed by atoms with Crippen molar-refractivity contribution in [2.75, 3.05) is 0 Å². The van der Waals surface area contributed by atoms with Crippen molar-refractivity contribution in [3.05, 3.63) is 43.2 Å². The molecule has 0 aromatic rings. The topological polar surface area (TPSA) is 0 Å². The van der Waals surface area contributed by atoms with E-state index in [4.69, 9.17) is 0 Å². The van der Waals surface area contributed by atoms with Gasteiger partial charge in [-0.05, 0) is 0 Å². The molecule has 0 unspecified atom stereocenters. The van der Waals surface area contributed by atoms with Crippen molar-refractivity contribution >= 4 is 12.4 Å². The van der Waals surface area contributed by atoms with Crippen molar-refractivity contribution in [3.8, 4) is 0 Å². The molecule has 0 aliphatic heterocycles. The molecule has 0 aromatic heterocycles. The van der Waals surface area contributed by atoms with Crippen molar-refractivity contribution < 1.29 is 20.6 Å². The van der Waals surface area contributed by atoms with Gasteiger partial charge < -0.3 is 1.43 Å². The third kappa shape index (κ3) is 2.50. The van der Waals surface area contributed by atoms with Crippen LogP contribution >= 0.6 is 12.4 Å². The molecule has 14 heavy (non-hydrogen) atoms. The van der Waals surface area contributed by atoms with Crippen molar-refractivity contribution in [1.82, 2.24) is 0 Å². The maximum Gasteiger partial charge on any atom is -0.147 e. The minimum absolute atomic E-state index is 0. The first-order valence-corrected chi connectivity index (χ1v) is 6.33. The van der Waals surface area contributed by atoms with Crippen molar-refractivity contribution in [2.45, 2.75) is 26.7 Å². The second-order valence-electron chi connectivity index (χ2n) is 3.66. The summed E-state index contributed by atoms with van der Waals surface area (Å²) >= 11 is 0.0324. The molecule has 0 amide bonds.